The molecule has 3 rings (SSSR count). The molecular formula is C23H24ClNO4S. The third kappa shape index (κ3) is 4.99. The SMILES string of the molecule is CCOc1cc(/C=C2/CSc3ccc(Cl)cc3C2=O)ccc1OC(C)C(=O)N(C)C. The molecule has 0 radical (unpaired) electrons. The number of benzene rings is 2. The minimum absolute atomic E-state index is 0.0188. The number of fused-ring (bicyclic) bond motifs is 1. The normalized spacial score (nSPS) is 15.5. The topological polar surface area (TPSA) is 55.8 Å². The van der Waals surface area contributed by atoms with Gasteiger partial charge in [-0.05, 0) is 55.8 Å². The number of amides is 1. The smallest absolute Gasteiger partial charge is 0.262 e. The first-order valence-corrected chi connectivity index (χ1v) is 11.0. The molecule has 1 aliphatic rings. The molecule has 1 atom stereocenters. The second kappa shape index (κ2) is 9.58. The van der Waals surface area contributed by atoms with Gasteiger partial charge in [-0.25, -0.2) is 0 Å². The number of carbonyl (C=O) groups excluding carboxylic acids is 2. The molecule has 2 aromatic carbocycles. The molecule has 0 saturated heterocycles. The van der Waals surface area contributed by atoms with E-state index in [4.69, 9.17) is 21.1 Å². The summed E-state index contributed by atoms with van der Waals surface area (Å²) in [7, 11) is 3.37. The summed E-state index contributed by atoms with van der Waals surface area (Å²) in [5.74, 6) is 1.46. The predicted molar refractivity (Wildman–Crippen MR) is 121 cm³/mol. The van der Waals surface area contributed by atoms with Crippen LogP contribution in [0.5, 0.6) is 11.5 Å². The lowest BCUT2D eigenvalue weighted by Gasteiger charge is -2.20. The fraction of sp³-hybridized carbons (Fsp3) is 0.304. The van der Waals surface area contributed by atoms with Crippen molar-refractivity contribution in [3.8, 4) is 11.5 Å². The fourth-order valence-electron chi connectivity index (χ4n) is 3.09. The molecule has 0 aromatic heterocycles. The Kier molecular flexibility index (Phi) is 7.10. The van der Waals surface area contributed by atoms with Crippen LogP contribution in [0.4, 0.5) is 0 Å². The summed E-state index contributed by atoms with van der Waals surface area (Å²) < 4.78 is 11.5. The van der Waals surface area contributed by atoms with Crippen LogP contribution in [-0.2, 0) is 4.79 Å². The van der Waals surface area contributed by atoms with Crippen LogP contribution in [0.15, 0.2) is 46.9 Å². The second-order valence-electron chi connectivity index (χ2n) is 7.06. The highest BCUT2D eigenvalue weighted by molar-refractivity contribution is 7.99. The van der Waals surface area contributed by atoms with E-state index >= 15 is 0 Å². The van der Waals surface area contributed by atoms with E-state index in [2.05, 4.69) is 0 Å². The standard InChI is InChI=1S/C23H24ClNO4S/c1-5-28-20-11-15(6-8-19(20)29-14(2)23(27)25(3)4)10-16-13-30-21-9-7-17(24)12-18(21)22(16)26/h6-12,14H,5,13H2,1-4H3/b16-10-. The van der Waals surface area contributed by atoms with Crippen LogP contribution in [0.3, 0.4) is 0 Å². The Morgan fingerprint density at radius 3 is 2.70 bits per heavy atom. The minimum atomic E-state index is -0.638. The average molecular weight is 446 g/mol. The molecule has 1 aliphatic heterocycles. The monoisotopic (exact) mass is 445 g/mol. The quantitative estimate of drug-likeness (QED) is 0.588. The Balaban J connectivity index is 1.87. The number of ketones is 1. The molecule has 0 N–H and O–H groups in total. The van der Waals surface area contributed by atoms with Gasteiger partial charge < -0.3 is 14.4 Å². The van der Waals surface area contributed by atoms with E-state index in [1.54, 1.807) is 51.0 Å². The lowest BCUT2D eigenvalue weighted by Crippen LogP contribution is -2.35. The molecule has 1 unspecified atom stereocenters. The summed E-state index contributed by atoms with van der Waals surface area (Å²) in [4.78, 5) is 27.4. The number of nitrogens with zero attached hydrogens (tertiary/aromatic N) is 1. The maximum Gasteiger partial charge on any atom is 0.262 e. The first-order chi connectivity index (χ1) is 14.3. The fourth-order valence-corrected chi connectivity index (χ4v) is 4.26. The molecular weight excluding hydrogens is 422 g/mol. The first-order valence-electron chi connectivity index (χ1n) is 9.62. The van der Waals surface area contributed by atoms with Gasteiger partial charge in [0.15, 0.2) is 23.4 Å². The van der Waals surface area contributed by atoms with Crippen molar-refractivity contribution in [1.82, 2.24) is 4.90 Å². The molecule has 7 heteroatoms. The average Bonchev–Trinajstić information content (AvgIpc) is 2.71. The number of likely N-dealkylation sites (N-methyl/N-ethyl adjacent to an activating group) is 1. The number of ether oxygens (including phenoxy) is 2. The van der Waals surface area contributed by atoms with Crippen molar-refractivity contribution >= 4 is 41.1 Å². The van der Waals surface area contributed by atoms with Crippen molar-refractivity contribution < 1.29 is 19.1 Å². The Labute approximate surface area is 186 Å². The predicted octanol–water partition coefficient (Wildman–Crippen LogP) is 4.97. The van der Waals surface area contributed by atoms with Crippen molar-refractivity contribution in [1.29, 1.82) is 0 Å². The Hall–Kier alpha value is -2.44. The minimum Gasteiger partial charge on any atom is -0.490 e. The van der Waals surface area contributed by atoms with Gasteiger partial charge in [0.1, 0.15) is 0 Å². The first kappa shape index (κ1) is 22.2. The molecule has 1 heterocycles. The zero-order chi connectivity index (χ0) is 21.8. The summed E-state index contributed by atoms with van der Waals surface area (Å²) >= 11 is 7.68. The Bertz CT molecular complexity index is 1000. The van der Waals surface area contributed by atoms with Gasteiger partial charge >= 0.3 is 0 Å². The van der Waals surface area contributed by atoms with Crippen molar-refractivity contribution in [2.75, 3.05) is 26.5 Å². The van der Waals surface area contributed by atoms with Crippen LogP contribution >= 0.6 is 23.4 Å². The zero-order valence-electron chi connectivity index (χ0n) is 17.4. The number of hydrogen-bond donors (Lipinski definition) is 0. The van der Waals surface area contributed by atoms with Gasteiger partial charge in [0.25, 0.3) is 5.91 Å². The van der Waals surface area contributed by atoms with Crippen molar-refractivity contribution in [3.05, 3.63) is 58.1 Å². The molecule has 2 aromatic rings. The molecule has 0 fully saturated rings. The highest BCUT2D eigenvalue weighted by Gasteiger charge is 2.23. The number of Topliss-reactive ketones (excluding diaryl/α,β-unsaturated/α-hetero) is 1. The van der Waals surface area contributed by atoms with E-state index in [1.807, 2.05) is 31.2 Å². The lowest BCUT2D eigenvalue weighted by molar-refractivity contribution is -0.135. The van der Waals surface area contributed by atoms with E-state index in [9.17, 15) is 9.59 Å². The van der Waals surface area contributed by atoms with E-state index in [0.717, 1.165) is 10.5 Å². The second-order valence-corrected chi connectivity index (χ2v) is 8.51. The van der Waals surface area contributed by atoms with Crippen LogP contribution < -0.4 is 9.47 Å². The van der Waals surface area contributed by atoms with Crippen LogP contribution in [0.2, 0.25) is 5.02 Å². The zero-order valence-corrected chi connectivity index (χ0v) is 19.0. The molecule has 30 heavy (non-hydrogen) atoms. The molecule has 0 spiro atoms. The van der Waals surface area contributed by atoms with Gasteiger partial charge in [-0.15, -0.1) is 11.8 Å². The summed E-state index contributed by atoms with van der Waals surface area (Å²) in [5.41, 5.74) is 2.15. The molecule has 0 saturated carbocycles. The van der Waals surface area contributed by atoms with E-state index in [1.165, 1.54) is 4.90 Å². The van der Waals surface area contributed by atoms with Gasteiger partial charge in [-0.3, -0.25) is 9.59 Å². The Morgan fingerprint density at radius 1 is 1.23 bits per heavy atom. The molecule has 0 bridgehead atoms. The highest BCUT2D eigenvalue weighted by atomic mass is 35.5. The van der Waals surface area contributed by atoms with E-state index in [0.29, 0.717) is 40.0 Å². The van der Waals surface area contributed by atoms with Gasteiger partial charge in [0.05, 0.1) is 6.61 Å². The number of hydrogen-bond acceptors (Lipinski definition) is 5. The number of thioether (sulfide) groups is 1. The summed E-state index contributed by atoms with van der Waals surface area (Å²) in [6.07, 6.45) is 1.22. The maximum atomic E-state index is 12.9. The summed E-state index contributed by atoms with van der Waals surface area (Å²) in [6, 6.07) is 10.8. The molecule has 5 nitrogen and oxygen atoms in total. The third-order valence-corrected chi connectivity index (χ3v) is 5.92. The number of carbonyl (C=O) groups is 2. The summed E-state index contributed by atoms with van der Waals surface area (Å²) in [5, 5.41) is 0.547. The van der Waals surface area contributed by atoms with Gasteiger partial charge in [-0.2, -0.15) is 0 Å². The Morgan fingerprint density at radius 2 is 2.00 bits per heavy atom. The van der Waals surface area contributed by atoms with Crippen LogP contribution in [-0.4, -0.2) is 49.1 Å². The van der Waals surface area contributed by atoms with Gasteiger partial charge in [-0.1, -0.05) is 17.7 Å². The molecule has 1 amide bonds. The van der Waals surface area contributed by atoms with Crippen molar-refractivity contribution in [2.45, 2.75) is 24.8 Å². The van der Waals surface area contributed by atoms with E-state index in [-0.39, 0.29) is 11.7 Å². The van der Waals surface area contributed by atoms with Crippen molar-refractivity contribution in [3.63, 3.8) is 0 Å². The molecule has 0 aliphatic carbocycles. The van der Waals surface area contributed by atoms with Crippen LogP contribution in [0.25, 0.3) is 6.08 Å². The highest BCUT2D eigenvalue weighted by Crippen LogP contribution is 2.36. The lowest BCUT2D eigenvalue weighted by atomic mass is 10.0. The van der Waals surface area contributed by atoms with Crippen LogP contribution in [0.1, 0.15) is 29.8 Å². The van der Waals surface area contributed by atoms with Crippen LogP contribution in [0, 0.1) is 0 Å². The van der Waals surface area contributed by atoms with Gasteiger partial charge in [0.2, 0.25) is 0 Å². The van der Waals surface area contributed by atoms with Gasteiger partial charge in [0, 0.05) is 40.9 Å². The maximum absolute atomic E-state index is 12.9. The summed E-state index contributed by atoms with van der Waals surface area (Å²) in [6.45, 7) is 4.03. The van der Waals surface area contributed by atoms with E-state index < -0.39 is 6.10 Å². The molecule has 158 valence electrons. The van der Waals surface area contributed by atoms with Crippen molar-refractivity contribution in [2.24, 2.45) is 0 Å². The number of rotatable bonds is 6. The number of halogens is 1. The largest absolute Gasteiger partial charge is 0.490 e. The third-order valence-electron chi connectivity index (χ3n) is 4.56.